The summed E-state index contributed by atoms with van der Waals surface area (Å²) in [5.41, 5.74) is 1.90. The van der Waals surface area contributed by atoms with Gasteiger partial charge >= 0.3 is 0 Å². The third kappa shape index (κ3) is 4.18. The summed E-state index contributed by atoms with van der Waals surface area (Å²) in [7, 11) is -3.59. The minimum atomic E-state index is -3.59. The molecule has 0 unspecified atom stereocenters. The first-order valence-electron chi connectivity index (χ1n) is 6.55. The van der Waals surface area contributed by atoms with Crippen molar-refractivity contribution in [1.29, 1.82) is 0 Å². The zero-order valence-electron chi connectivity index (χ0n) is 11.8. The van der Waals surface area contributed by atoms with E-state index in [1.807, 2.05) is 19.2 Å². The van der Waals surface area contributed by atoms with E-state index in [1.165, 1.54) is 11.3 Å². The van der Waals surface area contributed by atoms with Crippen molar-refractivity contribution in [3.8, 4) is 0 Å². The van der Waals surface area contributed by atoms with Crippen molar-refractivity contribution < 1.29 is 8.42 Å². The molecule has 114 valence electrons. The Kier molecular flexibility index (Phi) is 5.24. The van der Waals surface area contributed by atoms with Gasteiger partial charge in [0.05, 0.1) is 10.6 Å². The number of rotatable bonds is 6. The topological polar surface area (TPSA) is 59.1 Å². The molecule has 2 aromatic rings. The molecule has 0 aliphatic rings. The second-order valence-electron chi connectivity index (χ2n) is 4.92. The minimum absolute atomic E-state index is 0.224. The van der Waals surface area contributed by atoms with Crippen molar-refractivity contribution in [2.75, 3.05) is 10.6 Å². The largest absolute Gasteiger partial charge is 0.263 e. The number of nitrogens with one attached hydrogen (secondary N) is 1. The number of halogens is 1. The summed E-state index contributed by atoms with van der Waals surface area (Å²) in [5.74, 6) is 0.788. The van der Waals surface area contributed by atoms with Crippen LogP contribution in [-0.2, 0) is 16.4 Å². The van der Waals surface area contributed by atoms with Gasteiger partial charge in [0, 0.05) is 11.3 Å². The van der Waals surface area contributed by atoms with Crippen LogP contribution in [0.5, 0.6) is 0 Å². The van der Waals surface area contributed by atoms with E-state index in [0.717, 1.165) is 17.7 Å². The van der Waals surface area contributed by atoms with Crippen molar-refractivity contribution in [3.63, 3.8) is 0 Å². The lowest BCUT2D eigenvalue weighted by Crippen LogP contribution is -2.13. The van der Waals surface area contributed by atoms with Gasteiger partial charge in [0.1, 0.15) is 0 Å². The Hall–Kier alpha value is -1.11. The molecule has 7 heteroatoms. The van der Waals surface area contributed by atoms with Crippen LogP contribution in [0.4, 0.5) is 5.13 Å². The van der Waals surface area contributed by atoms with E-state index >= 15 is 0 Å². The van der Waals surface area contributed by atoms with Crippen LogP contribution in [-0.4, -0.2) is 19.3 Å². The quantitative estimate of drug-likeness (QED) is 0.810. The fourth-order valence-corrected chi connectivity index (χ4v) is 4.06. The molecule has 0 aliphatic heterocycles. The maximum atomic E-state index is 12.3. The lowest BCUT2D eigenvalue weighted by molar-refractivity contribution is 0.601. The molecule has 0 radical (unpaired) electrons. The Morgan fingerprint density at radius 2 is 1.95 bits per heavy atom. The predicted molar refractivity (Wildman–Crippen MR) is 87.9 cm³/mol. The Morgan fingerprint density at radius 1 is 1.29 bits per heavy atom. The van der Waals surface area contributed by atoms with E-state index < -0.39 is 10.0 Å². The molecule has 0 fully saturated rings. The number of thiazole rings is 1. The maximum Gasteiger partial charge on any atom is 0.263 e. The van der Waals surface area contributed by atoms with Gasteiger partial charge in [0.2, 0.25) is 0 Å². The number of aromatic nitrogens is 1. The number of hydrogen-bond donors (Lipinski definition) is 1. The summed E-state index contributed by atoms with van der Waals surface area (Å²) in [5, 5.41) is 2.26. The summed E-state index contributed by atoms with van der Waals surface area (Å²) in [4.78, 5) is 4.50. The fraction of sp³-hybridized carbons (Fsp3) is 0.357. The highest BCUT2D eigenvalue weighted by molar-refractivity contribution is 7.93. The van der Waals surface area contributed by atoms with E-state index in [2.05, 4.69) is 9.71 Å². The second kappa shape index (κ2) is 6.77. The molecule has 0 spiro atoms. The molecule has 0 atom stereocenters. The van der Waals surface area contributed by atoms with Gasteiger partial charge in [0.15, 0.2) is 5.13 Å². The number of benzene rings is 1. The molecular weight excluding hydrogens is 328 g/mol. The fourth-order valence-electron chi connectivity index (χ4n) is 1.72. The Bertz CT molecular complexity index is 694. The zero-order chi connectivity index (χ0) is 15.5. The van der Waals surface area contributed by atoms with Crippen LogP contribution >= 0.6 is 22.9 Å². The highest BCUT2D eigenvalue weighted by atomic mass is 35.5. The minimum Gasteiger partial charge on any atom is -0.255 e. The van der Waals surface area contributed by atoms with Gasteiger partial charge in [-0.1, -0.05) is 26.0 Å². The Labute approximate surface area is 134 Å². The van der Waals surface area contributed by atoms with Crippen LogP contribution in [0.2, 0.25) is 0 Å². The summed E-state index contributed by atoms with van der Waals surface area (Å²) in [6.45, 7) is 4.03. The highest BCUT2D eigenvalue weighted by Crippen LogP contribution is 2.24. The van der Waals surface area contributed by atoms with Crippen LogP contribution in [0.15, 0.2) is 34.5 Å². The van der Waals surface area contributed by atoms with Gasteiger partial charge in [0.25, 0.3) is 10.0 Å². The number of alkyl halides is 1. The smallest absolute Gasteiger partial charge is 0.255 e. The van der Waals surface area contributed by atoms with Gasteiger partial charge < -0.3 is 0 Å². The molecule has 0 amide bonds. The van der Waals surface area contributed by atoms with E-state index in [0.29, 0.717) is 11.0 Å². The van der Waals surface area contributed by atoms with Crippen LogP contribution in [0.1, 0.15) is 31.0 Å². The monoisotopic (exact) mass is 344 g/mol. The molecule has 1 heterocycles. The molecule has 4 nitrogen and oxygen atoms in total. The van der Waals surface area contributed by atoms with Crippen molar-refractivity contribution >= 4 is 38.1 Å². The average molecular weight is 345 g/mol. The Balaban J connectivity index is 2.17. The number of hydrogen-bond acceptors (Lipinski definition) is 4. The number of nitrogens with zero attached hydrogens (tertiary/aromatic N) is 1. The number of sulfonamides is 1. The van der Waals surface area contributed by atoms with Crippen molar-refractivity contribution in [1.82, 2.24) is 4.98 Å². The van der Waals surface area contributed by atoms with Gasteiger partial charge in [-0.15, -0.1) is 22.9 Å². The van der Waals surface area contributed by atoms with Crippen LogP contribution < -0.4 is 4.72 Å². The summed E-state index contributed by atoms with van der Waals surface area (Å²) < 4.78 is 27.1. The first kappa shape index (κ1) is 16.3. The Morgan fingerprint density at radius 3 is 2.48 bits per heavy atom. The van der Waals surface area contributed by atoms with E-state index in [4.69, 9.17) is 11.6 Å². The number of aryl methyl sites for hydroxylation is 1. The molecular formula is C14H17ClN2O2S2. The van der Waals surface area contributed by atoms with Gasteiger partial charge in [-0.05, 0) is 30.0 Å². The molecule has 0 saturated carbocycles. The normalized spacial score (nSPS) is 11.8. The van der Waals surface area contributed by atoms with Crippen LogP contribution in [0.3, 0.4) is 0 Å². The molecule has 1 aromatic heterocycles. The van der Waals surface area contributed by atoms with Crippen molar-refractivity contribution in [3.05, 3.63) is 40.9 Å². The van der Waals surface area contributed by atoms with E-state index in [-0.39, 0.29) is 10.8 Å². The van der Waals surface area contributed by atoms with Crippen molar-refractivity contribution in [2.24, 2.45) is 0 Å². The van der Waals surface area contributed by atoms with Crippen LogP contribution in [0, 0.1) is 0 Å². The standard InChI is InChI=1S/C14H17ClN2O2S2/c1-10(2)13-9-20-14(16-13)17-21(18,19)12-5-3-11(4-6-12)7-8-15/h3-6,9-10H,7-8H2,1-2H3,(H,16,17). The molecule has 1 N–H and O–H groups in total. The maximum absolute atomic E-state index is 12.3. The molecule has 0 bridgehead atoms. The zero-order valence-corrected chi connectivity index (χ0v) is 14.2. The second-order valence-corrected chi connectivity index (χ2v) is 7.84. The summed E-state index contributed by atoms with van der Waals surface area (Å²) >= 11 is 6.96. The molecule has 1 aromatic carbocycles. The SMILES string of the molecule is CC(C)c1csc(NS(=O)(=O)c2ccc(CCCl)cc2)n1. The predicted octanol–water partition coefficient (Wildman–Crippen LogP) is 3.85. The van der Waals surface area contributed by atoms with E-state index in [9.17, 15) is 8.42 Å². The molecule has 2 rings (SSSR count). The van der Waals surface area contributed by atoms with Crippen LogP contribution in [0.25, 0.3) is 0 Å². The van der Waals surface area contributed by atoms with Gasteiger partial charge in [-0.25, -0.2) is 13.4 Å². The third-order valence-electron chi connectivity index (χ3n) is 2.95. The lowest BCUT2D eigenvalue weighted by atomic mass is 10.2. The van der Waals surface area contributed by atoms with Crippen molar-refractivity contribution in [2.45, 2.75) is 31.1 Å². The molecule has 0 aliphatic carbocycles. The first-order chi connectivity index (χ1) is 9.92. The van der Waals surface area contributed by atoms with E-state index in [1.54, 1.807) is 24.3 Å². The highest BCUT2D eigenvalue weighted by Gasteiger charge is 2.16. The number of anilines is 1. The summed E-state index contributed by atoms with van der Waals surface area (Å²) in [6.07, 6.45) is 0.722. The molecule has 21 heavy (non-hydrogen) atoms. The average Bonchev–Trinajstić information content (AvgIpc) is 2.88. The lowest BCUT2D eigenvalue weighted by Gasteiger charge is -2.06. The third-order valence-corrected chi connectivity index (χ3v) is 5.40. The summed E-state index contributed by atoms with van der Waals surface area (Å²) in [6, 6.07) is 6.72. The van der Waals surface area contributed by atoms with Gasteiger partial charge in [-0.2, -0.15) is 0 Å². The first-order valence-corrected chi connectivity index (χ1v) is 9.45. The molecule has 0 saturated heterocycles. The van der Waals surface area contributed by atoms with Gasteiger partial charge in [-0.3, -0.25) is 4.72 Å².